The highest BCUT2D eigenvalue weighted by molar-refractivity contribution is 5.40. The van der Waals surface area contributed by atoms with E-state index in [1.165, 1.54) is 12.3 Å². The minimum Gasteiger partial charge on any atom is -0.368 e. The summed E-state index contributed by atoms with van der Waals surface area (Å²) in [4.78, 5) is 16.5. The minimum atomic E-state index is -0.455. The third kappa shape index (κ3) is 5.29. The van der Waals surface area contributed by atoms with Crippen LogP contribution in [0.5, 0.6) is 0 Å². The number of hydrogen-bond acceptors (Lipinski definition) is 5. The SMILES string of the molecule is C=CCN(CC=C)C(CNc1ccc([N+](=O)[O-])cn1)C(C)C. The lowest BCUT2D eigenvalue weighted by atomic mass is 10.0. The van der Waals surface area contributed by atoms with Gasteiger partial charge in [0.05, 0.1) is 4.92 Å². The Bertz CT molecular complexity index is 489. The van der Waals surface area contributed by atoms with Crippen LogP contribution in [0, 0.1) is 16.0 Å². The molecule has 1 aromatic rings. The second-order valence-corrected chi connectivity index (χ2v) is 5.38. The molecule has 0 aromatic carbocycles. The summed E-state index contributed by atoms with van der Waals surface area (Å²) in [5.74, 6) is 1.07. The van der Waals surface area contributed by atoms with Crippen LogP contribution in [0.4, 0.5) is 11.5 Å². The summed E-state index contributed by atoms with van der Waals surface area (Å²) >= 11 is 0. The molecule has 1 unspecified atom stereocenters. The molecule has 0 aliphatic heterocycles. The summed E-state index contributed by atoms with van der Waals surface area (Å²) in [6, 6.07) is 3.36. The Hall–Kier alpha value is -2.21. The average molecular weight is 304 g/mol. The Balaban J connectivity index is 2.72. The van der Waals surface area contributed by atoms with Crippen molar-refractivity contribution in [1.29, 1.82) is 0 Å². The third-order valence-electron chi connectivity index (χ3n) is 3.42. The van der Waals surface area contributed by atoms with Gasteiger partial charge in [0.1, 0.15) is 12.0 Å². The maximum atomic E-state index is 10.6. The zero-order valence-electron chi connectivity index (χ0n) is 13.2. The smallest absolute Gasteiger partial charge is 0.287 e. The van der Waals surface area contributed by atoms with Gasteiger partial charge < -0.3 is 5.32 Å². The Morgan fingerprint density at radius 2 is 2.00 bits per heavy atom. The lowest BCUT2D eigenvalue weighted by Crippen LogP contribution is -2.43. The number of pyridine rings is 1. The third-order valence-corrected chi connectivity index (χ3v) is 3.42. The molecular formula is C16H24N4O2. The van der Waals surface area contributed by atoms with Crippen molar-refractivity contribution in [3.05, 3.63) is 53.8 Å². The predicted octanol–water partition coefficient (Wildman–Crippen LogP) is 3.10. The highest BCUT2D eigenvalue weighted by Gasteiger charge is 2.20. The topological polar surface area (TPSA) is 71.3 Å². The molecule has 1 rings (SSSR count). The highest BCUT2D eigenvalue weighted by Crippen LogP contribution is 2.15. The molecule has 0 saturated carbocycles. The highest BCUT2D eigenvalue weighted by atomic mass is 16.6. The van der Waals surface area contributed by atoms with Crippen LogP contribution in [-0.4, -0.2) is 40.5 Å². The number of aromatic nitrogens is 1. The molecule has 0 fully saturated rings. The summed E-state index contributed by atoms with van der Waals surface area (Å²) in [5, 5.41) is 13.9. The summed E-state index contributed by atoms with van der Waals surface area (Å²) in [5.41, 5.74) is -0.00843. The van der Waals surface area contributed by atoms with E-state index >= 15 is 0 Å². The van der Waals surface area contributed by atoms with Crippen LogP contribution in [0.25, 0.3) is 0 Å². The first kappa shape index (κ1) is 17.8. The van der Waals surface area contributed by atoms with E-state index in [9.17, 15) is 10.1 Å². The van der Waals surface area contributed by atoms with Gasteiger partial charge in [-0.2, -0.15) is 0 Å². The molecule has 0 aliphatic rings. The van der Waals surface area contributed by atoms with Crippen molar-refractivity contribution in [2.24, 2.45) is 5.92 Å². The van der Waals surface area contributed by atoms with Gasteiger partial charge in [0.15, 0.2) is 0 Å². The molecular weight excluding hydrogens is 280 g/mol. The number of nitrogens with one attached hydrogen (secondary N) is 1. The van der Waals surface area contributed by atoms with Gasteiger partial charge in [0, 0.05) is 31.7 Å². The second kappa shape index (κ2) is 8.94. The van der Waals surface area contributed by atoms with Gasteiger partial charge in [0.2, 0.25) is 0 Å². The monoisotopic (exact) mass is 304 g/mol. The largest absolute Gasteiger partial charge is 0.368 e. The quantitative estimate of drug-likeness (QED) is 0.408. The van der Waals surface area contributed by atoms with Gasteiger partial charge in [-0.05, 0) is 12.0 Å². The number of nitro groups is 1. The Kier molecular flexibility index (Phi) is 7.25. The summed E-state index contributed by atoms with van der Waals surface area (Å²) in [7, 11) is 0. The van der Waals surface area contributed by atoms with Crippen molar-refractivity contribution in [3.8, 4) is 0 Å². The van der Waals surface area contributed by atoms with E-state index in [4.69, 9.17) is 0 Å². The molecule has 0 bridgehead atoms. The number of nitrogens with zero attached hydrogens (tertiary/aromatic N) is 3. The molecule has 1 atom stereocenters. The Morgan fingerprint density at radius 1 is 1.36 bits per heavy atom. The number of anilines is 1. The van der Waals surface area contributed by atoms with Gasteiger partial charge in [-0.1, -0.05) is 26.0 Å². The van der Waals surface area contributed by atoms with Crippen molar-refractivity contribution in [2.45, 2.75) is 19.9 Å². The number of rotatable bonds is 10. The lowest BCUT2D eigenvalue weighted by molar-refractivity contribution is -0.385. The lowest BCUT2D eigenvalue weighted by Gasteiger charge is -2.33. The molecule has 6 heteroatoms. The Labute approximate surface area is 131 Å². The molecule has 0 radical (unpaired) electrons. The normalized spacial score (nSPS) is 12.2. The first-order valence-electron chi connectivity index (χ1n) is 7.29. The molecule has 0 aliphatic carbocycles. The fraction of sp³-hybridized carbons (Fsp3) is 0.438. The van der Waals surface area contributed by atoms with Crippen LogP contribution in [0.15, 0.2) is 43.6 Å². The molecule has 1 heterocycles. The van der Waals surface area contributed by atoms with Crippen LogP contribution in [0.1, 0.15) is 13.8 Å². The van der Waals surface area contributed by atoms with Crippen LogP contribution in [-0.2, 0) is 0 Å². The van der Waals surface area contributed by atoms with E-state index in [0.717, 1.165) is 13.1 Å². The van der Waals surface area contributed by atoms with Crippen molar-refractivity contribution in [3.63, 3.8) is 0 Å². The van der Waals surface area contributed by atoms with Crippen LogP contribution in [0.3, 0.4) is 0 Å². The molecule has 1 aromatic heterocycles. The van der Waals surface area contributed by atoms with Gasteiger partial charge in [-0.3, -0.25) is 15.0 Å². The van der Waals surface area contributed by atoms with E-state index in [0.29, 0.717) is 18.3 Å². The Morgan fingerprint density at radius 3 is 2.41 bits per heavy atom. The number of hydrogen-bond donors (Lipinski definition) is 1. The van der Waals surface area contributed by atoms with E-state index in [1.807, 2.05) is 12.2 Å². The predicted molar refractivity (Wildman–Crippen MR) is 90.0 cm³/mol. The molecule has 0 saturated heterocycles. The van der Waals surface area contributed by atoms with Gasteiger partial charge in [-0.25, -0.2) is 4.98 Å². The zero-order chi connectivity index (χ0) is 16.5. The maximum Gasteiger partial charge on any atom is 0.287 e. The van der Waals surface area contributed by atoms with Gasteiger partial charge in [-0.15, -0.1) is 13.2 Å². The van der Waals surface area contributed by atoms with Crippen LogP contribution in [0.2, 0.25) is 0 Å². The fourth-order valence-electron chi connectivity index (χ4n) is 2.27. The first-order valence-corrected chi connectivity index (χ1v) is 7.29. The standard InChI is InChI=1S/C16H24N4O2/c1-5-9-19(10-6-2)15(13(3)4)12-18-16-8-7-14(11-17-16)20(21)22/h5-8,11,13,15H,1-2,9-10,12H2,3-4H3,(H,17,18). The molecule has 22 heavy (non-hydrogen) atoms. The van der Waals surface area contributed by atoms with Crippen molar-refractivity contribution in [1.82, 2.24) is 9.88 Å². The molecule has 6 nitrogen and oxygen atoms in total. The summed E-state index contributed by atoms with van der Waals surface area (Å²) in [6.45, 7) is 14.2. The summed E-state index contributed by atoms with van der Waals surface area (Å²) < 4.78 is 0. The molecule has 1 N–H and O–H groups in total. The molecule has 120 valence electrons. The van der Waals surface area contributed by atoms with E-state index in [1.54, 1.807) is 6.07 Å². The average Bonchev–Trinajstić information content (AvgIpc) is 2.48. The molecule has 0 amide bonds. The van der Waals surface area contributed by atoms with E-state index in [-0.39, 0.29) is 11.7 Å². The zero-order valence-corrected chi connectivity index (χ0v) is 13.2. The van der Waals surface area contributed by atoms with E-state index < -0.39 is 4.92 Å². The van der Waals surface area contributed by atoms with Crippen molar-refractivity contribution < 1.29 is 4.92 Å². The van der Waals surface area contributed by atoms with E-state index in [2.05, 4.69) is 42.2 Å². The van der Waals surface area contributed by atoms with Gasteiger partial charge >= 0.3 is 0 Å². The molecule has 0 spiro atoms. The van der Waals surface area contributed by atoms with Crippen molar-refractivity contribution in [2.75, 3.05) is 25.0 Å². The van der Waals surface area contributed by atoms with Crippen LogP contribution < -0.4 is 5.32 Å². The van der Waals surface area contributed by atoms with Crippen LogP contribution >= 0.6 is 0 Å². The van der Waals surface area contributed by atoms with Crippen molar-refractivity contribution >= 4 is 11.5 Å². The first-order chi connectivity index (χ1) is 10.5. The maximum absolute atomic E-state index is 10.6. The second-order valence-electron chi connectivity index (χ2n) is 5.38. The minimum absolute atomic E-state index is 0.00843. The fourth-order valence-corrected chi connectivity index (χ4v) is 2.27. The van der Waals surface area contributed by atoms with Gasteiger partial charge in [0.25, 0.3) is 5.69 Å². The summed E-state index contributed by atoms with van der Waals surface area (Å²) in [6.07, 6.45) is 5.02.